The topological polar surface area (TPSA) is 101 Å². The third-order valence-electron chi connectivity index (χ3n) is 8.47. The van der Waals surface area contributed by atoms with Crippen LogP contribution in [0.15, 0.2) is 59.5 Å². The number of rotatable bonds is 11. The SMILES string of the molecule is CCN(C(=O)Cc1ccc(S(C)(=O)=O)cc1)C1CCN(CC[C@@H](c2ccccc2)N(C(=O)O)N2CCC(F)CC2)CC1. The molecule has 2 fully saturated rings. The molecule has 0 aliphatic carbocycles. The molecule has 2 heterocycles. The second kappa shape index (κ2) is 14.4. The van der Waals surface area contributed by atoms with E-state index in [1.807, 2.05) is 42.2 Å². The lowest BCUT2D eigenvalue weighted by molar-refractivity contribution is -0.133. The monoisotopic (exact) mass is 602 g/mol. The largest absolute Gasteiger partial charge is 0.464 e. The van der Waals surface area contributed by atoms with Gasteiger partial charge in [-0.3, -0.25) is 4.79 Å². The van der Waals surface area contributed by atoms with Crippen molar-refractivity contribution in [2.24, 2.45) is 0 Å². The fraction of sp³-hybridized carbons (Fsp3) is 0.548. The van der Waals surface area contributed by atoms with Crippen LogP contribution in [0.2, 0.25) is 0 Å². The third-order valence-corrected chi connectivity index (χ3v) is 9.59. The predicted octanol–water partition coefficient (Wildman–Crippen LogP) is 4.41. The van der Waals surface area contributed by atoms with E-state index in [2.05, 4.69) is 4.90 Å². The third kappa shape index (κ3) is 8.29. The number of carbonyl (C=O) groups excluding carboxylic acids is 1. The van der Waals surface area contributed by atoms with Gasteiger partial charge in [-0.05, 0) is 62.3 Å². The average molecular weight is 603 g/mol. The number of hydrogen-bond donors (Lipinski definition) is 1. The van der Waals surface area contributed by atoms with Crippen molar-refractivity contribution in [2.75, 3.05) is 45.5 Å². The second-order valence-electron chi connectivity index (χ2n) is 11.3. The first-order chi connectivity index (χ1) is 20.1. The Balaban J connectivity index is 1.35. The van der Waals surface area contributed by atoms with Gasteiger partial charge in [-0.1, -0.05) is 42.5 Å². The van der Waals surface area contributed by atoms with Gasteiger partial charge in [0.05, 0.1) is 17.4 Å². The van der Waals surface area contributed by atoms with Gasteiger partial charge in [0.15, 0.2) is 9.84 Å². The van der Waals surface area contributed by atoms with Crippen molar-refractivity contribution in [1.29, 1.82) is 0 Å². The molecule has 0 radical (unpaired) electrons. The summed E-state index contributed by atoms with van der Waals surface area (Å²) in [7, 11) is -3.28. The van der Waals surface area contributed by atoms with Crippen LogP contribution in [0.5, 0.6) is 0 Å². The number of amides is 2. The summed E-state index contributed by atoms with van der Waals surface area (Å²) in [6.07, 6.45) is 2.40. The zero-order chi connectivity index (χ0) is 30.3. The Labute approximate surface area is 248 Å². The van der Waals surface area contributed by atoms with Crippen LogP contribution < -0.4 is 0 Å². The van der Waals surface area contributed by atoms with E-state index in [-0.39, 0.29) is 29.3 Å². The first kappa shape index (κ1) is 31.9. The molecule has 0 unspecified atom stereocenters. The van der Waals surface area contributed by atoms with Gasteiger partial charge in [-0.2, -0.15) is 0 Å². The number of sulfone groups is 1. The van der Waals surface area contributed by atoms with Crippen molar-refractivity contribution in [2.45, 2.75) is 68.6 Å². The van der Waals surface area contributed by atoms with Crippen molar-refractivity contribution in [1.82, 2.24) is 19.8 Å². The molecule has 0 saturated carbocycles. The summed E-state index contributed by atoms with van der Waals surface area (Å²) in [6, 6.07) is 15.9. The standard InChI is InChI=1S/C31H43FN4O5S/c1-3-35(30(37)23-24-9-11-28(12-10-24)42(2,40)41)27-15-18-33(19-16-27)20-17-29(25-7-5-4-6-8-25)36(31(38)39)34-21-13-26(32)14-22-34/h4-12,26-27,29H,3,13-23H2,1-2H3,(H,38,39)/t29-/m0/s1. The van der Waals surface area contributed by atoms with Crippen molar-refractivity contribution >= 4 is 21.8 Å². The zero-order valence-corrected chi connectivity index (χ0v) is 25.4. The maximum atomic E-state index is 13.8. The Kier molecular flexibility index (Phi) is 11.0. The molecule has 4 rings (SSSR count). The van der Waals surface area contributed by atoms with E-state index in [9.17, 15) is 27.5 Å². The van der Waals surface area contributed by atoms with Gasteiger partial charge in [0.2, 0.25) is 5.91 Å². The second-order valence-corrected chi connectivity index (χ2v) is 13.3. The first-order valence-electron chi connectivity index (χ1n) is 14.8. The van der Waals surface area contributed by atoms with E-state index in [1.54, 1.807) is 29.3 Å². The molecule has 2 saturated heterocycles. The van der Waals surface area contributed by atoms with Gasteiger partial charge >= 0.3 is 6.09 Å². The van der Waals surface area contributed by atoms with Crippen LogP contribution in [-0.4, -0.2) is 103 Å². The zero-order valence-electron chi connectivity index (χ0n) is 24.6. The van der Waals surface area contributed by atoms with E-state index >= 15 is 0 Å². The van der Waals surface area contributed by atoms with E-state index in [4.69, 9.17) is 0 Å². The highest BCUT2D eigenvalue weighted by Gasteiger charge is 2.34. The molecule has 2 aromatic rings. The van der Waals surface area contributed by atoms with Gasteiger partial charge < -0.3 is 14.9 Å². The van der Waals surface area contributed by atoms with Crippen molar-refractivity contribution in [3.05, 3.63) is 65.7 Å². The lowest BCUT2D eigenvalue weighted by Crippen LogP contribution is -2.52. The molecular weight excluding hydrogens is 559 g/mol. The maximum Gasteiger partial charge on any atom is 0.422 e. The minimum absolute atomic E-state index is 0.0290. The number of piperidine rings is 2. The number of carboxylic acid groups (broad SMARTS) is 1. The number of alkyl halides is 1. The van der Waals surface area contributed by atoms with Crippen molar-refractivity contribution < 1.29 is 27.5 Å². The highest BCUT2D eigenvalue weighted by atomic mass is 32.2. The van der Waals surface area contributed by atoms with E-state index in [1.165, 1.54) is 11.3 Å². The Morgan fingerprint density at radius 3 is 2.14 bits per heavy atom. The molecule has 2 aliphatic heterocycles. The summed E-state index contributed by atoms with van der Waals surface area (Å²) in [6.45, 7) is 5.66. The molecule has 42 heavy (non-hydrogen) atoms. The number of halogens is 1. The highest BCUT2D eigenvalue weighted by molar-refractivity contribution is 7.90. The molecule has 9 nitrogen and oxygen atoms in total. The van der Waals surface area contributed by atoms with Gasteiger partial charge in [-0.15, -0.1) is 0 Å². The number of benzene rings is 2. The number of hydrogen-bond acceptors (Lipinski definition) is 6. The molecular formula is C31H43FN4O5S. The Morgan fingerprint density at radius 1 is 0.976 bits per heavy atom. The van der Waals surface area contributed by atoms with Gasteiger partial charge in [0.1, 0.15) is 6.17 Å². The molecule has 0 bridgehead atoms. The van der Waals surface area contributed by atoms with Gasteiger partial charge in [0.25, 0.3) is 0 Å². The van der Waals surface area contributed by atoms with Crippen LogP contribution in [0.4, 0.5) is 9.18 Å². The smallest absolute Gasteiger partial charge is 0.422 e. The molecule has 0 spiro atoms. The van der Waals surface area contributed by atoms with Crippen LogP contribution >= 0.6 is 0 Å². The lowest BCUT2D eigenvalue weighted by Gasteiger charge is -2.42. The molecule has 2 amide bonds. The minimum Gasteiger partial charge on any atom is -0.464 e. The van der Waals surface area contributed by atoms with E-state index in [0.29, 0.717) is 45.4 Å². The molecule has 2 aromatic carbocycles. The van der Waals surface area contributed by atoms with Crippen LogP contribution in [0, 0.1) is 0 Å². The summed E-state index contributed by atoms with van der Waals surface area (Å²) in [5.74, 6) is 0.0290. The van der Waals surface area contributed by atoms with Crippen LogP contribution in [-0.2, 0) is 21.1 Å². The highest BCUT2D eigenvalue weighted by Crippen LogP contribution is 2.30. The summed E-state index contributed by atoms with van der Waals surface area (Å²) in [5, 5.41) is 13.4. The summed E-state index contributed by atoms with van der Waals surface area (Å²) < 4.78 is 37.3. The maximum absolute atomic E-state index is 13.8. The number of hydrazine groups is 1. The predicted molar refractivity (Wildman–Crippen MR) is 159 cm³/mol. The Bertz CT molecular complexity index is 1280. The summed E-state index contributed by atoms with van der Waals surface area (Å²) in [5.41, 5.74) is 1.71. The van der Waals surface area contributed by atoms with Crippen molar-refractivity contribution in [3.8, 4) is 0 Å². The number of carbonyl (C=O) groups is 2. The molecule has 230 valence electrons. The molecule has 1 atom stereocenters. The average Bonchev–Trinajstić information content (AvgIpc) is 2.97. The quantitative estimate of drug-likeness (QED) is 0.407. The molecule has 1 N–H and O–H groups in total. The summed E-state index contributed by atoms with van der Waals surface area (Å²) in [4.78, 5) is 30.2. The fourth-order valence-corrected chi connectivity index (χ4v) is 6.77. The first-order valence-corrected chi connectivity index (χ1v) is 16.7. The molecule has 11 heteroatoms. The number of likely N-dealkylation sites (tertiary alicyclic amines) is 1. The minimum atomic E-state index is -3.28. The van der Waals surface area contributed by atoms with E-state index < -0.39 is 22.1 Å². The van der Waals surface area contributed by atoms with Crippen LogP contribution in [0.1, 0.15) is 56.2 Å². The van der Waals surface area contributed by atoms with Crippen molar-refractivity contribution in [3.63, 3.8) is 0 Å². The normalized spacial score (nSPS) is 18.5. The van der Waals surface area contributed by atoms with Crippen LogP contribution in [0.25, 0.3) is 0 Å². The number of nitrogens with zero attached hydrogens (tertiary/aromatic N) is 4. The fourth-order valence-electron chi connectivity index (χ4n) is 6.13. The van der Waals surface area contributed by atoms with E-state index in [0.717, 1.165) is 37.1 Å². The Morgan fingerprint density at radius 2 is 1.60 bits per heavy atom. The Hall–Kier alpha value is -3.02. The van der Waals surface area contributed by atoms with Gasteiger partial charge in [-0.25, -0.2) is 27.6 Å². The number of likely N-dealkylation sites (N-methyl/N-ethyl adjacent to an activating group) is 1. The van der Waals surface area contributed by atoms with Gasteiger partial charge in [0, 0.05) is 51.6 Å². The molecule has 0 aromatic heterocycles. The lowest BCUT2D eigenvalue weighted by atomic mass is 9.99. The summed E-state index contributed by atoms with van der Waals surface area (Å²) >= 11 is 0. The molecule has 2 aliphatic rings. The van der Waals surface area contributed by atoms with Crippen LogP contribution in [0.3, 0.4) is 0 Å².